The smallest absolute Gasteiger partial charge is 0.422 e. The highest BCUT2D eigenvalue weighted by Gasteiger charge is 2.44. The minimum Gasteiger partial charge on any atom is -0.493 e. The van der Waals surface area contributed by atoms with Crippen LogP contribution in [0.2, 0.25) is 0 Å². The molecule has 0 bridgehead atoms. The molecule has 0 saturated heterocycles. The van der Waals surface area contributed by atoms with Crippen molar-refractivity contribution in [3.63, 3.8) is 0 Å². The van der Waals surface area contributed by atoms with E-state index in [-0.39, 0.29) is 5.69 Å². The first-order valence-electron chi connectivity index (χ1n) is 10.9. The Hall–Kier alpha value is -3.37. The lowest BCUT2D eigenvalue weighted by molar-refractivity contribution is -0.140. The zero-order valence-electron chi connectivity index (χ0n) is 18.7. The number of ether oxygens (including phenoxy) is 1. The SMILES string of the molecule is CC(C)N.FC(F)(F)c1c(-c2ccccc2)noc1C1N=C(c2ccc3c(c2)OCCC3)NO1. The molecule has 3 heterocycles. The Balaban J connectivity index is 0.000000636. The van der Waals surface area contributed by atoms with Crippen LogP contribution in [-0.2, 0) is 17.4 Å². The number of nitrogens with one attached hydrogen (secondary N) is 1. The summed E-state index contributed by atoms with van der Waals surface area (Å²) in [6.45, 7) is 4.52. The predicted octanol–water partition coefficient (Wildman–Crippen LogP) is 5.02. The van der Waals surface area contributed by atoms with Gasteiger partial charge in [-0.2, -0.15) is 13.2 Å². The van der Waals surface area contributed by atoms with Crippen LogP contribution in [-0.4, -0.2) is 23.6 Å². The summed E-state index contributed by atoms with van der Waals surface area (Å²) >= 11 is 0. The molecule has 0 amide bonds. The van der Waals surface area contributed by atoms with E-state index in [1.165, 1.54) is 12.1 Å². The average molecular weight is 474 g/mol. The van der Waals surface area contributed by atoms with Crippen molar-refractivity contribution in [1.29, 1.82) is 0 Å². The number of nitrogens with zero attached hydrogens (tertiary/aromatic N) is 2. The van der Waals surface area contributed by atoms with E-state index < -0.39 is 23.7 Å². The maximum Gasteiger partial charge on any atom is 0.422 e. The fourth-order valence-corrected chi connectivity index (χ4v) is 3.55. The summed E-state index contributed by atoms with van der Waals surface area (Å²) in [7, 11) is 0. The number of fused-ring (bicyclic) bond motifs is 1. The summed E-state index contributed by atoms with van der Waals surface area (Å²) in [5.74, 6) is 0.537. The first kappa shape index (κ1) is 23.8. The molecule has 2 aromatic carbocycles. The Kier molecular flexibility index (Phi) is 6.90. The van der Waals surface area contributed by atoms with Gasteiger partial charge in [0.05, 0.1) is 6.61 Å². The van der Waals surface area contributed by atoms with Gasteiger partial charge in [0.2, 0.25) is 12.0 Å². The molecule has 5 rings (SSSR count). The van der Waals surface area contributed by atoms with E-state index in [1.807, 2.05) is 26.0 Å². The molecule has 1 atom stereocenters. The highest BCUT2D eigenvalue weighted by molar-refractivity contribution is 5.99. The van der Waals surface area contributed by atoms with Crippen LogP contribution in [0.3, 0.4) is 0 Å². The number of nitrogens with two attached hydrogens (primary N) is 1. The van der Waals surface area contributed by atoms with Crippen LogP contribution in [0, 0.1) is 0 Å². The van der Waals surface area contributed by atoms with Gasteiger partial charge in [0.15, 0.2) is 5.84 Å². The molecule has 0 saturated carbocycles. The molecule has 7 nitrogen and oxygen atoms in total. The number of benzene rings is 2. The van der Waals surface area contributed by atoms with Gasteiger partial charge in [-0.15, -0.1) is 0 Å². The number of amidine groups is 1. The zero-order chi connectivity index (χ0) is 24.3. The molecule has 34 heavy (non-hydrogen) atoms. The molecule has 0 spiro atoms. The normalized spacial score (nSPS) is 17.3. The van der Waals surface area contributed by atoms with Crippen LogP contribution in [0.25, 0.3) is 11.3 Å². The third-order valence-electron chi connectivity index (χ3n) is 4.98. The van der Waals surface area contributed by atoms with Crippen molar-refractivity contribution >= 4 is 5.84 Å². The summed E-state index contributed by atoms with van der Waals surface area (Å²) in [6, 6.07) is 13.9. The van der Waals surface area contributed by atoms with Crippen molar-refractivity contribution in [3.05, 3.63) is 71.0 Å². The molecule has 1 aromatic heterocycles. The number of rotatable bonds is 3. The van der Waals surface area contributed by atoms with E-state index >= 15 is 0 Å². The molecular weight excluding hydrogens is 449 g/mol. The Morgan fingerprint density at radius 2 is 1.82 bits per heavy atom. The minimum absolute atomic E-state index is 0.293. The number of alkyl halides is 3. The van der Waals surface area contributed by atoms with Crippen LogP contribution in [0.5, 0.6) is 5.75 Å². The van der Waals surface area contributed by atoms with Crippen LogP contribution in [0.4, 0.5) is 13.2 Å². The monoisotopic (exact) mass is 474 g/mol. The summed E-state index contributed by atoms with van der Waals surface area (Å²) < 4.78 is 52.3. The lowest BCUT2D eigenvalue weighted by Gasteiger charge is -2.17. The molecule has 2 aliphatic heterocycles. The topological polar surface area (TPSA) is 94.9 Å². The van der Waals surface area contributed by atoms with Crippen LogP contribution in [0.1, 0.15) is 48.9 Å². The van der Waals surface area contributed by atoms with Crippen molar-refractivity contribution in [3.8, 4) is 17.0 Å². The number of hydroxylamine groups is 1. The molecule has 10 heteroatoms. The molecule has 0 fully saturated rings. The fourth-order valence-electron chi connectivity index (χ4n) is 3.55. The first-order valence-corrected chi connectivity index (χ1v) is 10.9. The van der Waals surface area contributed by atoms with Gasteiger partial charge in [-0.1, -0.05) is 61.5 Å². The molecule has 1 unspecified atom stereocenters. The predicted molar refractivity (Wildman–Crippen MR) is 120 cm³/mol. The molecule has 2 aliphatic rings. The van der Waals surface area contributed by atoms with E-state index in [4.69, 9.17) is 19.8 Å². The highest BCUT2D eigenvalue weighted by atomic mass is 19.4. The van der Waals surface area contributed by atoms with Crippen molar-refractivity contribution in [2.75, 3.05) is 6.61 Å². The number of hydrogen-bond acceptors (Lipinski definition) is 7. The molecule has 3 N–H and O–H groups in total. The maximum absolute atomic E-state index is 13.8. The third-order valence-corrected chi connectivity index (χ3v) is 4.98. The van der Waals surface area contributed by atoms with Crippen molar-refractivity contribution in [1.82, 2.24) is 10.6 Å². The second kappa shape index (κ2) is 9.86. The lowest BCUT2D eigenvalue weighted by Crippen LogP contribution is -2.19. The van der Waals surface area contributed by atoms with E-state index in [9.17, 15) is 13.2 Å². The summed E-state index contributed by atoms with van der Waals surface area (Å²) in [5, 5.41) is 3.66. The quantitative estimate of drug-likeness (QED) is 0.554. The van der Waals surface area contributed by atoms with Gasteiger partial charge < -0.3 is 15.0 Å². The number of hydrogen-bond donors (Lipinski definition) is 2. The molecule has 0 aliphatic carbocycles. The van der Waals surface area contributed by atoms with Gasteiger partial charge in [0, 0.05) is 11.1 Å². The summed E-state index contributed by atoms with van der Waals surface area (Å²) in [5.41, 5.74) is 8.43. The van der Waals surface area contributed by atoms with Gasteiger partial charge in [-0.25, -0.2) is 15.3 Å². The van der Waals surface area contributed by atoms with E-state index in [2.05, 4.69) is 15.6 Å². The van der Waals surface area contributed by atoms with Gasteiger partial charge in [0.1, 0.15) is 17.0 Å². The largest absolute Gasteiger partial charge is 0.493 e. The number of halogens is 3. The Morgan fingerprint density at radius 3 is 2.53 bits per heavy atom. The lowest BCUT2D eigenvalue weighted by atomic mass is 10.0. The van der Waals surface area contributed by atoms with Crippen molar-refractivity contribution in [2.45, 2.75) is 45.1 Å². The van der Waals surface area contributed by atoms with Gasteiger partial charge in [-0.3, -0.25) is 0 Å². The van der Waals surface area contributed by atoms with Gasteiger partial charge >= 0.3 is 6.18 Å². The zero-order valence-corrected chi connectivity index (χ0v) is 18.7. The average Bonchev–Trinajstić information content (AvgIpc) is 3.46. The second-order valence-corrected chi connectivity index (χ2v) is 8.20. The standard InChI is InChI=1S/C21H16F3N3O3.C3H9N/c22-21(23,24)16-17(13-5-2-1-3-6-13)26-29-18(16)20-25-19(27-30-20)14-9-8-12-7-4-10-28-15(12)11-14;1-3(2)4/h1-3,5-6,8-9,11,20H,4,7,10H2,(H,25,27);3H,4H2,1-2H3. The maximum atomic E-state index is 13.8. The highest BCUT2D eigenvalue weighted by Crippen LogP contribution is 2.43. The summed E-state index contributed by atoms with van der Waals surface area (Å²) in [6.07, 6.45) is -4.14. The molecular formula is C24H25F3N4O3. The van der Waals surface area contributed by atoms with E-state index in [0.29, 0.717) is 29.6 Å². The number of aliphatic imine (C=N–C) groups is 1. The van der Waals surface area contributed by atoms with Gasteiger partial charge in [0.25, 0.3) is 0 Å². The Labute approximate surface area is 194 Å². The number of aryl methyl sites for hydroxylation is 1. The summed E-state index contributed by atoms with van der Waals surface area (Å²) in [4.78, 5) is 9.56. The van der Waals surface area contributed by atoms with Crippen LogP contribution in [0.15, 0.2) is 58.0 Å². The Morgan fingerprint density at radius 1 is 1.09 bits per heavy atom. The Bertz CT molecular complexity index is 1160. The van der Waals surface area contributed by atoms with Gasteiger partial charge in [-0.05, 0) is 30.5 Å². The van der Waals surface area contributed by atoms with Crippen LogP contribution < -0.4 is 16.0 Å². The molecule has 0 radical (unpaired) electrons. The van der Waals surface area contributed by atoms with Crippen molar-refractivity contribution in [2.24, 2.45) is 10.7 Å². The first-order chi connectivity index (χ1) is 16.2. The van der Waals surface area contributed by atoms with E-state index in [0.717, 1.165) is 24.2 Å². The fraction of sp³-hybridized carbons (Fsp3) is 0.333. The molecule has 180 valence electrons. The van der Waals surface area contributed by atoms with E-state index in [1.54, 1.807) is 24.3 Å². The number of aromatic nitrogens is 1. The third kappa shape index (κ3) is 5.23. The second-order valence-electron chi connectivity index (χ2n) is 8.20. The van der Waals surface area contributed by atoms with Crippen molar-refractivity contribution < 1.29 is 27.3 Å². The minimum atomic E-state index is -4.69. The molecule has 3 aromatic rings. The van der Waals surface area contributed by atoms with Crippen LogP contribution >= 0.6 is 0 Å².